The molecule has 0 spiro atoms. The van der Waals surface area contributed by atoms with E-state index in [-0.39, 0.29) is 36.4 Å². The number of nitrogens with two attached hydrogens (primary N) is 1. The number of hydrogen-bond donors (Lipinski definition) is 2. The molecule has 0 aliphatic carbocycles. The number of aromatic nitrogens is 3. The summed E-state index contributed by atoms with van der Waals surface area (Å²) in [7, 11) is -2.39. The summed E-state index contributed by atoms with van der Waals surface area (Å²) in [5.41, 5.74) is 6.98. The highest BCUT2D eigenvalue weighted by atomic mass is 35.5. The summed E-state index contributed by atoms with van der Waals surface area (Å²) < 4.78 is 54.8. The van der Waals surface area contributed by atoms with Crippen molar-refractivity contribution in [3.05, 3.63) is 17.6 Å². The van der Waals surface area contributed by atoms with Crippen molar-refractivity contribution in [2.24, 2.45) is 0 Å². The van der Waals surface area contributed by atoms with E-state index in [1.807, 2.05) is 0 Å². The summed E-state index contributed by atoms with van der Waals surface area (Å²) in [6.07, 6.45) is -0.804. The van der Waals surface area contributed by atoms with E-state index in [2.05, 4.69) is 9.97 Å². The molecule has 34 heavy (non-hydrogen) atoms. The van der Waals surface area contributed by atoms with Crippen LogP contribution in [-0.4, -0.2) is 78.3 Å². The summed E-state index contributed by atoms with van der Waals surface area (Å²) in [5, 5.41) is 8.64. The second-order valence-electron chi connectivity index (χ2n) is 8.56. The van der Waals surface area contributed by atoms with Gasteiger partial charge in [-0.2, -0.15) is 8.42 Å². The molecular formula is C20H28ClN5O7S. The lowest BCUT2D eigenvalue weighted by Crippen LogP contribution is -2.34. The minimum absolute atomic E-state index is 0.119. The number of ether oxygens (including phenoxy) is 4. The lowest BCUT2D eigenvalue weighted by molar-refractivity contribution is -0.198. The minimum Gasteiger partial charge on any atom is -0.481 e. The Labute approximate surface area is 202 Å². The zero-order valence-corrected chi connectivity index (χ0v) is 20.9. The summed E-state index contributed by atoms with van der Waals surface area (Å²) in [6.45, 7) is 4.98. The van der Waals surface area contributed by atoms with Gasteiger partial charge in [0.05, 0.1) is 30.4 Å². The Balaban J connectivity index is 1.71. The molecule has 2 saturated heterocycles. The maximum absolute atomic E-state index is 12.2. The van der Waals surface area contributed by atoms with Gasteiger partial charge in [0.15, 0.2) is 12.0 Å². The van der Waals surface area contributed by atoms with Crippen molar-refractivity contribution in [3.63, 3.8) is 0 Å². The van der Waals surface area contributed by atoms with E-state index in [4.69, 9.17) is 45.9 Å². The number of aryl methyl sites for hydroxylation is 1. The fourth-order valence-electron chi connectivity index (χ4n) is 4.24. The van der Waals surface area contributed by atoms with Crippen LogP contribution in [0.3, 0.4) is 0 Å². The third-order valence-corrected chi connectivity index (χ3v) is 7.15. The van der Waals surface area contributed by atoms with Crippen LogP contribution in [0.25, 0.3) is 11.0 Å². The number of nitrogens with zero attached hydrogens (tertiary/aromatic N) is 3. The average molecular weight is 518 g/mol. The first-order chi connectivity index (χ1) is 16.0. The number of anilines is 1. The molecule has 2 aromatic heterocycles. The molecule has 3 N–H and O–H groups in total. The molecule has 4 rings (SSSR count). The zero-order chi connectivity index (χ0) is 24.8. The molecule has 2 aliphatic rings. The first kappa shape index (κ1) is 25.1. The molecule has 4 heterocycles. The maximum atomic E-state index is 12.2. The molecular weight excluding hydrogens is 490 g/mol. The van der Waals surface area contributed by atoms with Crippen LogP contribution in [0.1, 0.15) is 37.9 Å². The predicted octanol–water partition coefficient (Wildman–Crippen LogP) is 1.69. The molecule has 0 saturated carbocycles. The normalized spacial score (nSPS) is 26.1. The van der Waals surface area contributed by atoms with Gasteiger partial charge in [0.1, 0.15) is 35.6 Å². The summed E-state index contributed by atoms with van der Waals surface area (Å²) in [6, 6.07) is 0. The predicted molar refractivity (Wildman–Crippen MR) is 123 cm³/mol. The molecule has 0 bridgehead atoms. The van der Waals surface area contributed by atoms with E-state index in [0.717, 1.165) is 0 Å². The lowest BCUT2D eigenvalue weighted by atomic mass is 10.1. The largest absolute Gasteiger partial charge is 0.481 e. The molecule has 4 atom stereocenters. The smallest absolute Gasteiger partial charge is 0.267 e. The van der Waals surface area contributed by atoms with Crippen LogP contribution in [0.4, 0.5) is 5.82 Å². The minimum atomic E-state index is -3.78. The van der Waals surface area contributed by atoms with Crippen LogP contribution in [0, 0.1) is 12.3 Å². The SMILES string of the molecule is COC(=N)c1cn([C@@H]2O[C@H](COS(=O)(=O)CCCCl)[C@H]3OC(C)(C)O[C@H]32)c2nc(C)nc(N)c12. The van der Waals surface area contributed by atoms with E-state index >= 15 is 0 Å². The van der Waals surface area contributed by atoms with Gasteiger partial charge in [-0.1, -0.05) is 0 Å². The van der Waals surface area contributed by atoms with Gasteiger partial charge in [-0.05, 0) is 27.2 Å². The van der Waals surface area contributed by atoms with Crippen molar-refractivity contribution < 1.29 is 31.5 Å². The summed E-state index contributed by atoms with van der Waals surface area (Å²) >= 11 is 5.60. The number of halogens is 1. The third kappa shape index (κ3) is 4.72. The first-order valence-electron chi connectivity index (χ1n) is 10.7. The highest BCUT2D eigenvalue weighted by Gasteiger charge is 2.56. The summed E-state index contributed by atoms with van der Waals surface area (Å²) in [4.78, 5) is 8.73. The number of methoxy groups -OCH3 is 1. The molecule has 0 radical (unpaired) electrons. The second-order valence-corrected chi connectivity index (χ2v) is 10.7. The van der Waals surface area contributed by atoms with Crippen molar-refractivity contribution in [2.45, 2.75) is 57.5 Å². The first-order valence-corrected chi connectivity index (χ1v) is 12.8. The van der Waals surface area contributed by atoms with E-state index in [1.54, 1.807) is 31.5 Å². The van der Waals surface area contributed by atoms with Crippen LogP contribution in [0.15, 0.2) is 6.20 Å². The summed E-state index contributed by atoms with van der Waals surface area (Å²) in [5.74, 6) is -0.395. The highest BCUT2D eigenvalue weighted by molar-refractivity contribution is 7.86. The highest BCUT2D eigenvalue weighted by Crippen LogP contribution is 2.44. The second kappa shape index (κ2) is 9.21. The number of alkyl halides is 1. The van der Waals surface area contributed by atoms with E-state index in [1.165, 1.54) is 7.11 Å². The maximum Gasteiger partial charge on any atom is 0.267 e. The average Bonchev–Trinajstić information content (AvgIpc) is 3.39. The van der Waals surface area contributed by atoms with Gasteiger partial charge in [0.2, 0.25) is 5.90 Å². The van der Waals surface area contributed by atoms with Crippen molar-refractivity contribution in [3.8, 4) is 0 Å². The van der Waals surface area contributed by atoms with Gasteiger partial charge in [-0.15, -0.1) is 11.6 Å². The Morgan fingerprint density at radius 1 is 1.32 bits per heavy atom. The molecule has 0 amide bonds. The van der Waals surface area contributed by atoms with Crippen LogP contribution >= 0.6 is 11.6 Å². The number of nitrogens with one attached hydrogen (secondary N) is 1. The Morgan fingerprint density at radius 3 is 2.71 bits per heavy atom. The van der Waals surface area contributed by atoms with Crippen LogP contribution in [0.5, 0.6) is 0 Å². The zero-order valence-electron chi connectivity index (χ0n) is 19.3. The Bertz CT molecular complexity index is 1200. The van der Waals surface area contributed by atoms with Gasteiger partial charge in [-0.25, -0.2) is 9.97 Å². The third-order valence-electron chi connectivity index (χ3n) is 5.60. The molecule has 14 heteroatoms. The van der Waals surface area contributed by atoms with Gasteiger partial charge < -0.3 is 29.2 Å². The molecule has 12 nitrogen and oxygen atoms in total. The standard InChI is InChI=1S/C20H28ClN5O7S/c1-10-24-16(22)13-11(17(23)29-4)8-26(18(13)25-10)19-15-14(32-20(2,3)33-15)12(31-19)9-30-34(27,28)7-5-6-21/h8,12,14-15,19,23H,5-7,9H2,1-4H3,(H2,22,24,25)/t12-,14-,15-,19-/m1/s1. The van der Waals surface area contributed by atoms with Crippen LogP contribution < -0.4 is 5.73 Å². The van der Waals surface area contributed by atoms with Crippen LogP contribution in [0.2, 0.25) is 0 Å². The molecule has 0 aromatic carbocycles. The molecule has 2 fully saturated rings. The number of hydrogen-bond acceptors (Lipinski definition) is 11. The van der Waals surface area contributed by atoms with E-state index < -0.39 is 40.4 Å². The molecule has 2 aliphatic heterocycles. The van der Waals surface area contributed by atoms with Gasteiger partial charge in [0, 0.05) is 12.1 Å². The fourth-order valence-corrected chi connectivity index (χ4v) is 5.49. The van der Waals surface area contributed by atoms with Crippen molar-refractivity contribution >= 4 is 44.5 Å². The number of nitrogen functional groups attached to an aromatic ring is 1. The van der Waals surface area contributed by atoms with E-state index in [0.29, 0.717) is 22.4 Å². The monoisotopic (exact) mass is 517 g/mol. The Kier molecular flexibility index (Phi) is 6.79. The molecule has 0 unspecified atom stereocenters. The van der Waals surface area contributed by atoms with Gasteiger partial charge in [-0.3, -0.25) is 9.59 Å². The molecule has 188 valence electrons. The number of rotatable bonds is 8. The van der Waals surface area contributed by atoms with Crippen molar-refractivity contribution in [1.29, 1.82) is 5.41 Å². The topological polar surface area (TPSA) is 161 Å². The Hall–Kier alpha value is -2.03. The van der Waals surface area contributed by atoms with Crippen LogP contribution in [-0.2, 0) is 33.2 Å². The van der Waals surface area contributed by atoms with Crippen molar-refractivity contribution in [2.75, 3.05) is 31.1 Å². The quantitative estimate of drug-likeness (QED) is 0.228. The van der Waals surface area contributed by atoms with Gasteiger partial charge in [0.25, 0.3) is 10.1 Å². The Morgan fingerprint density at radius 2 is 2.03 bits per heavy atom. The van der Waals surface area contributed by atoms with E-state index in [9.17, 15) is 8.42 Å². The van der Waals surface area contributed by atoms with Crippen molar-refractivity contribution in [1.82, 2.24) is 14.5 Å². The van der Waals surface area contributed by atoms with Gasteiger partial charge >= 0.3 is 0 Å². The number of fused-ring (bicyclic) bond motifs is 2. The molecule has 2 aromatic rings. The fraction of sp³-hybridized carbons (Fsp3) is 0.650. The lowest BCUT2D eigenvalue weighted by Gasteiger charge is -2.25.